The number of anilines is 2. The molecule has 1 saturated carbocycles. The number of piperidine rings is 2. The first kappa shape index (κ1) is 52.9. The molecular weight excluding hydrogens is 1000 g/mol. The fourth-order valence-corrected chi connectivity index (χ4v) is 12.8. The number of ether oxygens (including phenoxy) is 3. The highest BCUT2D eigenvalue weighted by molar-refractivity contribution is 7.22. The molecule has 2 N–H and O–H groups in total. The smallest absolute Gasteiger partial charge is 0.358 e. The van der Waals surface area contributed by atoms with Crippen molar-refractivity contribution in [1.29, 1.82) is 0 Å². The Bertz CT molecular complexity index is 3350. The monoisotopic (exact) mass is 1070 g/mol. The third-order valence-corrected chi connectivity index (χ3v) is 17.0. The van der Waals surface area contributed by atoms with Crippen molar-refractivity contribution in [1.82, 2.24) is 30.0 Å². The van der Waals surface area contributed by atoms with E-state index in [1.807, 2.05) is 113 Å². The first-order valence-electron chi connectivity index (χ1n) is 27.9. The highest BCUT2D eigenvalue weighted by Gasteiger charge is 2.33. The molecule has 2 saturated heterocycles. The number of aromatic nitrogens is 4. The highest BCUT2D eigenvalue weighted by Crippen LogP contribution is 2.39. The number of hydrogen-bond acceptors (Lipinski definition) is 13. The molecule has 7 aromatic rings. The zero-order valence-electron chi connectivity index (χ0n) is 45.4. The lowest BCUT2D eigenvalue weighted by atomic mass is 9.84. The van der Waals surface area contributed by atoms with E-state index in [0.29, 0.717) is 59.6 Å². The number of fused-ring (bicyclic) bond motifs is 3. The number of nitrogens with one attached hydrogen (secondary N) is 2. The van der Waals surface area contributed by atoms with E-state index >= 15 is 0 Å². The van der Waals surface area contributed by atoms with Crippen LogP contribution in [0.2, 0.25) is 0 Å². The normalized spacial score (nSPS) is 19.4. The maximum atomic E-state index is 14.1. The van der Waals surface area contributed by atoms with Crippen LogP contribution in [0.25, 0.3) is 32.2 Å². The average Bonchev–Trinajstić information content (AvgIpc) is 4.17. The predicted molar refractivity (Wildman–Crippen MR) is 305 cm³/mol. The molecule has 1 atom stereocenters. The molecule has 3 amide bonds. The van der Waals surface area contributed by atoms with Gasteiger partial charge < -0.3 is 24.0 Å². The molecule has 0 radical (unpaired) electrons. The van der Waals surface area contributed by atoms with Crippen LogP contribution in [-0.2, 0) is 34.3 Å². The SMILES string of the molecule is Cc1c(O[C@H]2CC[C@H](CCCCN3CCC(Oc4ccc5c(C6CCC(=O)NC6=O)nn(C)c5c4)CC3)CC2)cccc1-c1ccc(N2CCc3cccc(C(=O)Nc4nc5ccccc5s4)c3C2)nc1C(=O)OC(C)(C)C. The molecule has 0 bridgehead atoms. The number of carbonyl (C=O) groups is 4. The molecule has 4 aromatic carbocycles. The Morgan fingerprint density at radius 3 is 2.40 bits per heavy atom. The molecular formula is C62H70N8O7S. The summed E-state index contributed by atoms with van der Waals surface area (Å²) >= 11 is 1.45. The highest BCUT2D eigenvalue weighted by atomic mass is 32.1. The van der Waals surface area contributed by atoms with E-state index in [1.54, 1.807) is 4.68 Å². The topological polar surface area (TPSA) is 170 Å². The third kappa shape index (κ3) is 11.8. The molecule has 3 fully saturated rings. The number of thiazole rings is 1. The van der Waals surface area contributed by atoms with Crippen LogP contribution < -0.4 is 25.0 Å². The molecule has 6 heterocycles. The molecule has 11 rings (SSSR count). The second kappa shape index (κ2) is 22.7. The van der Waals surface area contributed by atoms with Crippen LogP contribution in [-0.4, -0.2) is 92.3 Å². The summed E-state index contributed by atoms with van der Waals surface area (Å²) < 4.78 is 22.1. The number of nitrogens with zero attached hydrogens (tertiary/aromatic N) is 6. The van der Waals surface area contributed by atoms with Gasteiger partial charge in [-0.2, -0.15) is 5.10 Å². The zero-order chi connectivity index (χ0) is 54.1. The van der Waals surface area contributed by atoms with Gasteiger partial charge in [0.1, 0.15) is 29.0 Å². The lowest BCUT2D eigenvalue weighted by molar-refractivity contribution is -0.134. The summed E-state index contributed by atoms with van der Waals surface area (Å²) in [7, 11) is 1.89. The number of hydrogen-bond donors (Lipinski definition) is 2. The van der Waals surface area contributed by atoms with Gasteiger partial charge in [-0.15, -0.1) is 0 Å². The first-order chi connectivity index (χ1) is 37.7. The van der Waals surface area contributed by atoms with Crippen molar-refractivity contribution in [2.24, 2.45) is 13.0 Å². The molecule has 1 unspecified atom stereocenters. The van der Waals surface area contributed by atoms with Crippen LogP contribution in [0.5, 0.6) is 11.5 Å². The van der Waals surface area contributed by atoms with E-state index in [0.717, 1.165) is 119 Å². The number of rotatable bonds is 15. The van der Waals surface area contributed by atoms with E-state index in [1.165, 1.54) is 30.6 Å². The van der Waals surface area contributed by atoms with Gasteiger partial charge in [0.05, 0.1) is 33.4 Å². The average molecular weight is 1070 g/mol. The third-order valence-electron chi connectivity index (χ3n) is 16.1. The number of para-hydroxylation sites is 1. The van der Waals surface area contributed by atoms with Crippen LogP contribution in [0, 0.1) is 12.8 Å². The molecule has 3 aliphatic heterocycles. The number of amides is 3. The molecule has 3 aromatic heterocycles. The van der Waals surface area contributed by atoms with Gasteiger partial charge in [0.15, 0.2) is 10.8 Å². The van der Waals surface area contributed by atoms with Crippen molar-refractivity contribution in [3.63, 3.8) is 0 Å². The number of likely N-dealkylation sites (tertiary alicyclic amines) is 1. The van der Waals surface area contributed by atoms with Gasteiger partial charge >= 0.3 is 5.97 Å². The Hall–Kier alpha value is -7.17. The van der Waals surface area contributed by atoms with Gasteiger partial charge in [0, 0.05) is 62.2 Å². The maximum Gasteiger partial charge on any atom is 0.358 e. The molecule has 15 nitrogen and oxygen atoms in total. The minimum absolute atomic E-state index is 0.126. The lowest BCUT2D eigenvalue weighted by Gasteiger charge is -2.32. The second-order valence-corrected chi connectivity index (χ2v) is 23.7. The van der Waals surface area contributed by atoms with Crippen molar-refractivity contribution in [2.75, 3.05) is 36.4 Å². The van der Waals surface area contributed by atoms with Gasteiger partial charge in [-0.25, -0.2) is 14.8 Å². The standard InChI is InChI=1S/C62H70N8O7S/c1-38-44(45-25-27-54(64-57(45)60(74)77-62(2,3)4)70-35-29-40-13-10-15-46(49(40)37-70)58(72)66-61-63-50-16-6-7-18-53(50)78-61)14-11-17-52(38)76-41-21-19-39(20-22-41)12-8-9-32-69-33-30-42(31-34-69)75-43-23-24-47-51(36-43)68(5)67-56(47)48-26-28-55(71)65-59(48)73/h6-7,10-11,13-18,23-25,27,36,39,41-42,48H,8-9,12,19-22,26,28-35,37H2,1-5H3,(H,63,66,72)(H,65,71,73)/t39-,41-,48?. The summed E-state index contributed by atoms with van der Waals surface area (Å²) in [6.45, 7) is 11.9. The van der Waals surface area contributed by atoms with E-state index in [2.05, 4.69) is 43.5 Å². The summed E-state index contributed by atoms with van der Waals surface area (Å²) in [6.07, 6.45) is 11.8. The summed E-state index contributed by atoms with van der Waals surface area (Å²) in [6, 6.07) is 29.7. The molecule has 406 valence electrons. The Labute approximate surface area is 460 Å². The Balaban J connectivity index is 0.663. The Morgan fingerprint density at radius 2 is 1.60 bits per heavy atom. The molecule has 0 spiro atoms. The first-order valence-corrected chi connectivity index (χ1v) is 28.7. The van der Waals surface area contributed by atoms with Gasteiger partial charge in [-0.05, 0) is 169 Å². The minimum Gasteiger partial charge on any atom is -0.490 e. The van der Waals surface area contributed by atoms with E-state index in [-0.39, 0.29) is 35.6 Å². The Kier molecular flexibility index (Phi) is 15.4. The predicted octanol–water partition coefficient (Wildman–Crippen LogP) is 11.5. The van der Waals surface area contributed by atoms with Crippen LogP contribution in [0.1, 0.15) is 141 Å². The summed E-state index contributed by atoms with van der Waals surface area (Å²) in [5, 5.41) is 11.7. The largest absolute Gasteiger partial charge is 0.490 e. The molecule has 78 heavy (non-hydrogen) atoms. The number of carbonyl (C=O) groups excluding carboxylic acids is 4. The second-order valence-electron chi connectivity index (χ2n) is 22.7. The summed E-state index contributed by atoms with van der Waals surface area (Å²) in [5.41, 5.74) is 7.16. The number of pyridine rings is 1. The number of benzene rings is 4. The lowest BCUT2D eigenvalue weighted by Crippen LogP contribution is -2.39. The molecule has 4 aliphatic rings. The van der Waals surface area contributed by atoms with Gasteiger partial charge in [-0.1, -0.05) is 60.6 Å². The van der Waals surface area contributed by atoms with Crippen molar-refractivity contribution in [3.8, 4) is 22.6 Å². The van der Waals surface area contributed by atoms with Crippen molar-refractivity contribution in [3.05, 3.63) is 125 Å². The fraction of sp³-hybridized carbons (Fsp3) is 0.435. The van der Waals surface area contributed by atoms with Crippen LogP contribution in [0.3, 0.4) is 0 Å². The van der Waals surface area contributed by atoms with Gasteiger partial charge in [0.25, 0.3) is 5.91 Å². The number of imide groups is 1. The Morgan fingerprint density at radius 1 is 0.808 bits per heavy atom. The molecule has 16 heteroatoms. The zero-order valence-corrected chi connectivity index (χ0v) is 46.3. The quantitative estimate of drug-likeness (QED) is 0.0567. The maximum absolute atomic E-state index is 14.1. The fourth-order valence-electron chi connectivity index (χ4n) is 11.9. The molecule has 1 aliphatic carbocycles. The van der Waals surface area contributed by atoms with Gasteiger partial charge in [-0.3, -0.25) is 29.7 Å². The van der Waals surface area contributed by atoms with Crippen molar-refractivity contribution < 1.29 is 33.4 Å². The van der Waals surface area contributed by atoms with E-state index < -0.39 is 17.5 Å². The van der Waals surface area contributed by atoms with Crippen LogP contribution in [0.4, 0.5) is 10.9 Å². The van der Waals surface area contributed by atoms with Crippen molar-refractivity contribution >= 4 is 67.1 Å². The number of esters is 1. The van der Waals surface area contributed by atoms with E-state index in [4.69, 9.17) is 19.2 Å². The van der Waals surface area contributed by atoms with Crippen molar-refractivity contribution in [2.45, 2.75) is 135 Å². The van der Waals surface area contributed by atoms with Gasteiger partial charge in [0.2, 0.25) is 11.8 Å². The number of aryl methyl sites for hydroxylation is 1. The van der Waals surface area contributed by atoms with Crippen LogP contribution in [0.15, 0.2) is 91.0 Å². The van der Waals surface area contributed by atoms with Crippen LogP contribution >= 0.6 is 11.3 Å². The minimum atomic E-state index is -0.731. The summed E-state index contributed by atoms with van der Waals surface area (Å²) in [4.78, 5) is 66.7. The summed E-state index contributed by atoms with van der Waals surface area (Å²) in [5.74, 6) is 1.36. The van der Waals surface area contributed by atoms with E-state index in [9.17, 15) is 19.2 Å². The number of unbranched alkanes of at least 4 members (excludes halogenated alkanes) is 1.